The van der Waals surface area contributed by atoms with Gasteiger partial charge in [0, 0.05) is 19.0 Å². The van der Waals surface area contributed by atoms with Gasteiger partial charge in [-0.25, -0.2) is 12.7 Å². The van der Waals surface area contributed by atoms with E-state index in [1.54, 1.807) is 4.31 Å². The van der Waals surface area contributed by atoms with Gasteiger partial charge in [0.25, 0.3) is 0 Å². The van der Waals surface area contributed by atoms with Gasteiger partial charge >= 0.3 is 0 Å². The minimum Gasteiger partial charge on any atom is -0.212 e. The van der Waals surface area contributed by atoms with Crippen molar-refractivity contribution in [3.05, 3.63) is 35.4 Å². The molecule has 0 radical (unpaired) electrons. The molecular formula is C13H18ClNO2S. The number of nitrogens with zero attached hydrogens (tertiary/aromatic N) is 1. The third-order valence-corrected chi connectivity index (χ3v) is 5.53. The zero-order chi connectivity index (χ0) is 13.0. The molecule has 0 aliphatic carbocycles. The van der Waals surface area contributed by atoms with E-state index < -0.39 is 10.0 Å². The molecule has 0 amide bonds. The van der Waals surface area contributed by atoms with Crippen molar-refractivity contribution in [2.24, 2.45) is 0 Å². The van der Waals surface area contributed by atoms with E-state index in [-0.39, 0.29) is 5.75 Å². The van der Waals surface area contributed by atoms with Gasteiger partial charge in [-0.2, -0.15) is 0 Å². The van der Waals surface area contributed by atoms with Crippen molar-refractivity contribution in [1.29, 1.82) is 0 Å². The van der Waals surface area contributed by atoms with Gasteiger partial charge in [0.15, 0.2) is 0 Å². The van der Waals surface area contributed by atoms with Crippen LogP contribution < -0.4 is 0 Å². The molecule has 0 saturated carbocycles. The second-order valence-corrected chi connectivity index (χ2v) is 6.99. The highest BCUT2D eigenvalue weighted by Gasteiger charge is 2.23. The van der Waals surface area contributed by atoms with Crippen LogP contribution >= 0.6 is 11.6 Å². The molecule has 0 atom stereocenters. The number of rotatable bonds is 4. The van der Waals surface area contributed by atoms with E-state index >= 15 is 0 Å². The lowest BCUT2D eigenvalue weighted by molar-refractivity contribution is 0.426. The smallest absolute Gasteiger partial charge is 0.212 e. The highest BCUT2D eigenvalue weighted by Crippen LogP contribution is 2.17. The van der Waals surface area contributed by atoms with E-state index in [2.05, 4.69) is 12.1 Å². The molecule has 1 aliphatic heterocycles. The highest BCUT2D eigenvalue weighted by molar-refractivity contribution is 7.89. The minimum atomic E-state index is -3.14. The van der Waals surface area contributed by atoms with Gasteiger partial charge in [-0.15, -0.1) is 11.6 Å². The summed E-state index contributed by atoms with van der Waals surface area (Å²) in [4.78, 5) is 0. The summed E-state index contributed by atoms with van der Waals surface area (Å²) >= 11 is 5.57. The Morgan fingerprint density at radius 3 is 2.17 bits per heavy atom. The standard InChI is InChI=1S/C13H18ClNO2S/c14-8-3-11-18(16,17)15-9-6-12-4-1-2-5-13(12)7-10-15/h1-2,4-5H,3,6-11H2. The van der Waals surface area contributed by atoms with Crippen molar-refractivity contribution in [3.8, 4) is 0 Å². The van der Waals surface area contributed by atoms with Crippen LogP contribution in [0.3, 0.4) is 0 Å². The van der Waals surface area contributed by atoms with Crippen LogP contribution in [0.2, 0.25) is 0 Å². The molecule has 0 N–H and O–H groups in total. The Bertz CT molecular complexity index is 474. The summed E-state index contributed by atoms with van der Waals surface area (Å²) < 4.78 is 25.8. The second-order valence-electron chi connectivity index (χ2n) is 4.53. The maximum absolute atomic E-state index is 12.1. The fraction of sp³-hybridized carbons (Fsp3) is 0.538. The van der Waals surface area contributed by atoms with Gasteiger partial charge in [-0.3, -0.25) is 0 Å². The predicted molar refractivity (Wildman–Crippen MR) is 74.5 cm³/mol. The van der Waals surface area contributed by atoms with Crippen molar-refractivity contribution in [3.63, 3.8) is 0 Å². The average molecular weight is 288 g/mol. The van der Waals surface area contributed by atoms with Crippen molar-refractivity contribution in [2.75, 3.05) is 24.7 Å². The van der Waals surface area contributed by atoms with Crippen LogP contribution in [-0.4, -0.2) is 37.4 Å². The van der Waals surface area contributed by atoms with E-state index in [0.717, 1.165) is 12.8 Å². The molecule has 0 bridgehead atoms. The maximum Gasteiger partial charge on any atom is 0.214 e. The third-order valence-electron chi connectivity index (χ3n) is 3.31. The Balaban J connectivity index is 2.08. The lowest BCUT2D eigenvalue weighted by Crippen LogP contribution is -2.35. The van der Waals surface area contributed by atoms with Crippen LogP contribution in [0.15, 0.2) is 24.3 Å². The lowest BCUT2D eigenvalue weighted by atomic mass is 10.0. The zero-order valence-electron chi connectivity index (χ0n) is 10.3. The normalized spacial score (nSPS) is 17.2. The molecule has 1 aliphatic rings. The first-order valence-corrected chi connectivity index (χ1v) is 8.38. The molecule has 2 rings (SSSR count). The van der Waals surface area contributed by atoms with E-state index in [9.17, 15) is 8.42 Å². The van der Waals surface area contributed by atoms with Crippen molar-refractivity contribution in [1.82, 2.24) is 4.31 Å². The maximum atomic E-state index is 12.1. The number of hydrogen-bond donors (Lipinski definition) is 0. The van der Waals surface area contributed by atoms with Crippen LogP contribution in [0, 0.1) is 0 Å². The molecule has 100 valence electrons. The Kier molecular flexibility index (Phi) is 4.65. The van der Waals surface area contributed by atoms with Crippen LogP contribution in [0.25, 0.3) is 0 Å². The van der Waals surface area contributed by atoms with Crippen molar-refractivity contribution in [2.45, 2.75) is 19.3 Å². The number of sulfonamides is 1. The van der Waals surface area contributed by atoms with Crippen molar-refractivity contribution >= 4 is 21.6 Å². The number of halogens is 1. The van der Waals surface area contributed by atoms with Gasteiger partial charge in [0.2, 0.25) is 10.0 Å². The van der Waals surface area contributed by atoms with Crippen LogP contribution in [0.4, 0.5) is 0 Å². The van der Waals surface area contributed by atoms with E-state index in [1.165, 1.54) is 11.1 Å². The van der Waals surface area contributed by atoms with E-state index in [0.29, 0.717) is 25.4 Å². The van der Waals surface area contributed by atoms with Crippen LogP contribution in [-0.2, 0) is 22.9 Å². The number of fused-ring (bicyclic) bond motifs is 1. The topological polar surface area (TPSA) is 37.4 Å². The summed E-state index contributed by atoms with van der Waals surface area (Å²) in [6.45, 7) is 1.17. The quantitative estimate of drug-likeness (QED) is 0.795. The molecule has 0 saturated heterocycles. The first kappa shape index (κ1) is 13.8. The Morgan fingerprint density at radius 1 is 1.11 bits per heavy atom. The third kappa shape index (κ3) is 3.25. The zero-order valence-corrected chi connectivity index (χ0v) is 11.9. The van der Waals surface area contributed by atoms with Crippen LogP contribution in [0.1, 0.15) is 17.5 Å². The molecule has 3 nitrogen and oxygen atoms in total. The molecule has 18 heavy (non-hydrogen) atoms. The first-order valence-electron chi connectivity index (χ1n) is 6.24. The number of benzene rings is 1. The molecular weight excluding hydrogens is 270 g/mol. The van der Waals surface area contributed by atoms with Gasteiger partial charge in [0.1, 0.15) is 0 Å². The Labute approximate surface area is 114 Å². The molecule has 5 heteroatoms. The van der Waals surface area contributed by atoms with Gasteiger partial charge in [-0.1, -0.05) is 24.3 Å². The summed E-state index contributed by atoms with van der Waals surface area (Å²) in [7, 11) is -3.14. The SMILES string of the molecule is O=S(=O)(CCCCl)N1CCc2ccccc2CC1. The van der Waals surface area contributed by atoms with E-state index in [1.807, 2.05) is 12.1 Å². The lowest BCUT2D eigenvalue weighted by Gasteiger charge is -2.19. The molecule has 1 heterocycles. The summed E-state index contributed by atoms with van der Waals surface area (Å²) in [6.07, 6.45) is 2.12. The van der Waals surface area contributed by atoms with Gasteiger partial charge in [0.05, 0.1) is 5.75 Å². The molecule has 0 aromatic heterocycles. The first-order chi connectivity index (χ1) is 8.63. The van der Waals surface area contributed by atoms with Gasteiger partial charge < -0.3 is 0 Å². The number of alkyl halides is 1. The highest BCUT2D eigenvalue weighted by atomic mass is 35.5. The monoisotopic (exact) mass is 287 g/mol. The molecule has 1 aromatic carbocycles. The fourth-order valence-electron chi connectivity index (χ4n) is 2.29. The number of hydrogen-bond acceptors (Lipinski definition) is 2. The van der Waals surface area contributed by atoms with E-state index in [4.69, 9.17) is 11.6 Å². The van der Waals surface area contributed by atoms with Crippen LogP contribution in [0.5, 0.6) is 0 Å². The molecule has 0 fully saturated rings. The Hall–Kier alpha value is -0.580. The van der Waals surface area contributed by atoms with Crippen molar-refractivity contribution < 1.29 is 8.42 Å². The fourth-order valence-corrected chi connectivity index (χ4v) is 4.09. The molecule has 0 unspecified atom stereocenters. The molecule has 1 aromatic rings. The summed E-state index contributed by atoms with van der Waals surface area (Å²) in [5.74, 6) is 0.556. The van der Waals surface area contributed by atoms with Gasteiger partial charge in [-0.05, 0) is 30.4 Å². The Morgan fingerprint density at radius 2 is 1.67 bits per heavy atom. The summed E-state index contributed by atoms with van der Waals surface area (Å²) in [6, 6.07) is 8.20. The molecule has 0 spiro atoms. The minimum absolute atomic E-state index is 0.160. The second kappa shape index (κ2) is 6.04. The largest absolute Gasteiger partial charge is 0.214 e. The summed E-state index contributed by atoms with van der Waals surface area (Å²) in [5, 5.41) is 0. The predicted octanol–water partition coefficient (Wildman–Crippen LogP) is 2.05. The summed E-state index contributed by atoms with van der Waals surface area (Å²) in [5.41, 5.74) is 2.54. The average Bonchev–Trinajstić information content (AvgIpc) is 2.59.